The second kappa shape index (κ2) is 7.67. The van der Waals surface area contributed by atoms with E-state index in [1.807, 2.05) is 6.08 Å². The lowest BCUT2D eigenvalue weighted by molar-refractivity contribution is -0.209. The molecule has 1 aliphatic heterocycles. The summed E-state index contributed by atoms with van der Waals surface area (Å²) in [6, 6.07) is 0. The van der Waals surface area contributed by atoms with E-state index < -0.39 is 6.29 Å². The second-order valence-corrected chi connectivity index (χ2v) is 12.3. The first-order valence-corrected chi connectivity index (χ1v) is 12.9. The number of rotatable bonds is 2. The first-order valence-electron chi connectivity index (χ1n) is 12.9. The van der Waals surface area contributed by atoms with Gasteiger partial charge >= 0.3 is 0 Å². The van der Waals surface area contributed by atoms with Gasteiger partial charge in [0.15, 0.2) is 12.1 Å². The van der Waals surface area contributed by atoms with E-state index >= 15 is 0 Å². The fourth-order valence-corrected chi connectivity index (χ4v) is 8.84. The Balaban J connectivity index is 1.40. The van der Waals surface area contributed by atoms with Gasteiger partial charge in [0.1, 0.15) is 0 Å². The van der Waals surface area contributed by atoms with Crippen LogP contribution in [0.1, 0.15) is 85.5 Å². The van der Waals surface area contributed by atoms with Crippen molar-refractivity contribution in [2.24, 2.45) is 46.3 Å². The summed E-state index contributed by atoms with van der Waals surface area (Å²) in [5.74, 6) is 2.53. The number of aliphatic hydroxyl groups excluding tert-OH is 2. The van der Waals surface area contributed by atoms with Crippen LogP contribution in [0.3, 0.4) is 0 Å². The molecule has 3 saturated carbocycles. The van der Waals surface area contributed by atoms with Crippen molar-refractivity contribution < 1.29 is 19.7 Å². The van der Waals surface area contributed by atoms with Crippen LogP contribution in [0, 0.1) is 46.3 Å². The molecule has 0 aromatic carbocycles. The maximum absolute atomic E-state index is 13.2. The first kappa shape index (κ1) is 22.1. The van der Waals surface area contributed by atoms with Crippen LogP contribution < -0.4 is 0 Å². The van der Waals surface area contributed by atoms with Gasteiger partial charge in [-0.2, -0.15) is 0 Å². The van der Waals surface area contributed by atoms with E-state index in [0.29, 0.717) is 30.1 Å². The highest BCUT2D eigenvalue weighted by Gasteiger charge is 2.60. The van der Waals surface area contributed by atoms with Crippen LogP contribution in [-0.4, -0.2) is 34.5 Å². The summed E-state index contributed by atoms with van der Waals surface area (Å²) in [5, 5.41) is 20.5. The van der Waals surface area contributed by atoms with E-state index in [0.717, 1.165) is 25.7 Å². The zero-order valence-electron chi connectivity index (χ0n) is 19.8. The molecule has 1 saturated heterocycles. The zero-order valence-corrected chi connectivity index (χ0v) is 19.8. The van der Waals surface area contributed by atoms with E-state index in [1.165, 1.54) is 31.3 Å². The molecule has 5 aliphatic rings. The molecule has 0 unspecified atom stereocenters. The molecule has 4 heteroatoms. The van der Waals surface area contributed by atoms with Crippen LogP contribution in [0.2, 0.25) is 0 Å². The molecule has 0 bridgehead atoms. The molecule has 0 spiro atoms. The molecule has 4 nitrogen and oxygen atoms in total. The number of carbonyl (C=O) groups excluding carboxylic acids is 1. The molecule has 174 valence electrons. The molecule has 5 rings (SSSR count). The van der Waals surface area contributed by atoms with Crippen LogP contribution in [0.25, 0.3) is 0 Å². The van der Waals surface area contributed by atoms with Crippen LogP contribution in [-0.2, 0) is 9.53 Å². The average molecular weight is 431 g/mol. The van der Waals surface area contributed by atoms with Crippen molar-refractivity contribution in [2.45, 2.75) is 104 Å². The highest BCUT2D eigenvalue weighted by atomic mass is 16.6. The number of hydrogen-bond donors (Lipinski definition) is 2. The van der Waals surface area contributed by atoms with Gasteiger partial charge in [0.2, 0.25) is 0 Å². The standard InChI is InChI=1S/C27H42O4/c1-15-5-8-24(31-25(15)30)16(2)19-6-7-20-18-14-23(29)22-13-17(28)9-11-27(22,4)21(18)10-12-26(19,20)3/h14-17,19-22,24-25,28,30H,5-13H2,1-4H3/t15-,16-,17-,19+,20+,21-,22+,24-,25-,26+,27+/m0/s1. The molecular formula is C27H42O4. The number of carbonyl (C=O) groups is 1. The molecule has 4 fully saturated rings. The van der Waals surface area contributed by atoms with Crippen molar-refractivity contribution in [1.29, 1.82) is 0 Å². The molecule has 0 radical (unpaired) electrons. The van der Waals surface area contributed by atoms with Gasteiger partial charge in [-0.15, -0.1) is 0 Å². The minimum absolute atomic E-state index is 0.00426. The molecule has 0 amide bonds. The molecule has 31 heavy (non-hydrogen) atoms. The van der Waals surface area contributed by atoms with Crippen LogP contribution >= 0.6 is 0 Å². The molecule has 4 aliphatic carbocycles. The normalized spacial score (nSPS) is 53.2. The number of ketones is 1. The lowest BCUT2D eigenvalue weighted by Crippen LogP contribution is -2.53. The highest BCUT2D eigenvalue weighted by Crippen LogP contribution is 2.66. The van der Waals surface area contributed by atoms with Crippen molar-refractivity contribution in [2.75, 3.05) is 0 Å². The Labute approximate surface area is 187 Å². The van der Waals surface area contributed by atoms with E-state index in [1.54, 1.807) is 0 Å². The van der Waals surface area contributed by atoms with Gasteiger partial charge in [0.05, 0.1) is 12.2 Å². The zero-order chi connectivity index (χ0) is 22.1. The van der Waals surface area contributed by atoms with Crippen LogP contribution in [0.5, 0.6) is 0 Å². The van der Waals surface area contributed by atoms with E-state index in [4.69, 9.17) is 4.74 Å². The average Bonchev–Trinajstić information content (AvgIpc) is 3.08. The smallest absolute Gasteiger partial charge is 0.159 e. The van der Waals surface area contributed by atoms with Gasteiger partial charge in [-0.1, -0.05) is 33.3 Å². The molecule has 1 heterocycles. The van der Waals surface area contributed by atoms with Gasteiger partial charge in [-0.25, -0.2) is 0 Å². The third-order valence-corrected chi connectivity index (χ3v) is 10.9. The fraction of sp³-hybridized carbons (Fsp3) is 0.889. The summed E-state index contributed by atoms with van der Waals surface area (Å²) in [6.45, 7) is 9.24. The minimum atomic E-state index is -0.626. The van der Waals surface area contributed by atoms with Gasteiger partial charge in [-0.3, -0.25) is 4.79 Å². The molecule has 0 aromatic heterocycles. The molecule has 2 N–H and O–H groups in total. The largest absolute Gasteiger partial charge is 0.393 e. The number of hydrogen-bond acceptors (Lipinski definition) is 4. The monoisotopic (exact) mass is 430 g/mol. The summed E-state index contributed by atoms with van der Waals surface area (Å²) in [7, 11) is 0. The minimum Gasteiger partial charge on any atom is -0.393 e. The topological polar surface area (TPSA) is 66.8 Å². The lowest BCUT2D eigenvalue weighted by Gasteiger charge is -2.57. The van der Waals surface area contributed by atoms with Gasteiger partial charge in [0.25, 0.3) is 0 Å². The third-order valence-electron chi connectivity index (χ3n) is 10.9. The van der Waals surface area contributed by atoms with Gasteiger partial charge in [0, 0.05) is 11.8 Å². The number of fused-ring (bicyclic) bond motifs is 5. The maximum Gasteiger partial charge on any atom is 0.159 e. The molecule has 11 atom stereocenters. The maximum atomic E-state index is 13.2. The number of ether oxygens (including phenoxy) is 1. The first-order chi connectivity index (χ1) is 14.6. The van der Waals surface area contributed by atoms with Gasteiger partial charge < -0.3 is 14.9 Å². The van der Waals surface area contributed by atoms with Crippen LogP contribution in [0.4, 0.5) is 0 Å². The van der Waals surface area contributed by atoms with Crippen molar-refractivity contribution >= 4 is 5.78 Å². The highest BCUT2D eigenvalue weighted by molar-refractivity contribution is 5.94. The third kappa shape index (κ3) is 3.30. The second-order valence-electron chi connectivity index (χ2n) is 12.3. The number of allylic oxidation sites excluding steroid dienone is 2. The Morgan fingerprint density at radius 1 is 0.968 bits per heavy atom. The van der Waals surface area contributed by atoms with E-state index in [-0.39, 0.29) is 40.7 Å². The van der Waals surface area contributed by atoms with E-state index in [2.05, 4.69) is 27.7 Å². The fourth-order valence-electron chi connectivity index (χ4n) is 8.84. The molecular weight excluding hydrogens is 388 g/mol. The number of aliphatic hydroxyl groups is 2. The lowest BCUT2D eigenvalue weighted by atomic mass is 9.47. The predicted molar refractivity (Wildman–Crippen MR) is 120 cm³/mol. The SMILES string of the molecule is C[C@H]([C@@H]1CC[C@H](C)[C@@H](O)O1)[C@H]1CC[C@@H]2C3=CC(=O)[C@H]4C[C@@H](O)CC[C@]4(C)[C@H]3CC[C@@]21C. The van der Waals surface area contributed by atoms with Crippen molar-refractivity contribution in [1.82, 2.24) is 0 Å². The predicted octanol–water partition coefficient (Wildman–Crippen LogP) is 4.87. The van der Waals surface area contributed by atoms with Gasteiger partial charge in [-0.05, 0) is 98.4 Å². The van der Waals surface area contributed by atoms with E-state index in [9.17, 15) is 15.0 Å². The van der Waals surface area contributed by atoms with Crippen molar-refractivity contribution in [3.8, 4) is 0 Å². The summed E-state index contributed by atoms with van der Waals surface area (Å²) < 4.78 is 6.08. The summed E-state index contributed by atoms with van der Waals surface area (Å²) in [6.07, 6.45) is 10.6. The Morgan fingerprint density at radius 3 is 2.42 bits per heavy atom. The van der Waals surface area contributed by atoms with Crippen LogP contribution in [0.15, 0.2) is 11.6 Å². The Hall–Kier alpha value is -0.710. The Kier molecular flexibility index (Phi) is 5.47. The Bertz CT molecular complexity index is 760. The summed E-state index contributed by atoms with van der Waals surface area (Å²) in [5.41, 5.74) is 1.69. The summed E-state index contributed by atoms with van der Waals surface area (Å²) in [4.78, 5) is 13.2. The summed E-state index contributed by atoms with van der Waals surface area (Å²) >= 11 is 0. The Morgan fingerprint density at radius 2 is 1.68 bits per heavy atom. The quantitative estimate of drug-likeness (QED) is 0.656. The van der Waals surface area contributed by atoms with Crippen molar-refractivity contribution in [3.05, 3.63) is 11.6 Å². The van der Waals surface area contributed by atoms with Crippen molar-refractivity contribution in [3.63, 3.8) is 0 Å². The molecule has 0 aromatic rings.